The van der Waals surface area contributed by atoms with Crippen LogP contribution in [0.2, 0.25) is 0 Å². The summed E-state index contributed by atoms with van der Waals surface area (Å²) in [5.41, 5.74) is 3.61. The summed E-state index contributed by atoms with van der Waals surface area (Å²) in [6.45, 7) is 9.16. The lowest BCUT2D eigenvalue weighted by Gasteiger charge is -2.18. The van der Waals surface area contributed by atoms with Gasteiger partial charge in [-0.05, 0) is 31.9 Å². The molecule has 112 valence electrons. The second kappa shape index (κ2) is 6.68. The monoisotopic (exact) mass is 286 g/mol. The first-order chi connectivity index (χ1) is 10.0. The molecule has 1 saturated heterocycles. The standard InChI is InChI=1S/C17H22N2O2/c1-11-5-6-14(13(3)20)9-16(11)17(18-4)19-12(2)15-7-8-21-10-15/h5-6,9,15H,2,7-8,10H2,1,3-4H3,(H,18,19). The second-order valence-electron chi connectivity index (χ2n) is 5.37. The summed E-state index contributed by atoms with van der Waals surface area (Å²) in [7, 11) is 1.74. The molecule has 0 aromatic heterocycles. The number of carbonyl (C=O) groups is 1. The summed E-state index contributed by atoms with van der Waals surface area (Å²) in [6, 6.07) is 5.67. The average molecular weight is 286 g/mol. The van der Waals surface area contributed by atoms with E-state index in [1.54, 1.807) is 14.0 Å². The molecule has 1 unspecified atom stereocenters. The number of aliphatic imine (C=N–C) groups is 1. The van der Waals surface area contributed by atoms with Crippen molar-refractivity contribution in [3.05, 3.63) is 47.2 Å². The molecule has 1 N–H and O–H groups in total. The third-order valence-corrected chi connectivity index (χ3v) is 3.82. The van der Waals surface area contributed by atoms with E-state index in [4.69, 9.17) is 4.74 Å². The number of hydrogen-bond acceptors (Lipinski definition) is 3. The number of nitrogens with one attached hydrogen (secondary N) is 1. The molecule has 1 aromatic rings. The molecule has 0 spiro atoms. The Morgan fingerprint density at radius 3 is 2.81 bits per heavy atom. The van der Waals surface area contributed by atoms with Gasteiger partial charge in [0.15, 0.2) is 5.78 Å². The average Bonchev–Trinajstić information content (AvgIpc) is 2.99. The van der Waals surface area contributed by atoms with Gasteiger partial charge < -0.3 is 10.1 Å². The zero-order chi connectivity index (χ0) is 15.4. The van der Waals surface area contributed by atoms with Crippen molar-refractivity contribution in [1.29, 1.82) is 0 Å². The van der Waals surface area contributed by atoms with Gasteiger partial charge in [0.2, 0.25) is 0 Å². The highest BCUT2D eigenvalue weighted by atomic mass is 16.5. The highest BCUT2D eigenvalue weighted by molar-refractivity contribution is 6.03. The van der Waals surface area contributed by atoms with Crippen molar-refractivity contribution < 1.29 is 9.53 Å². The molecule has 1 heterocycles. The van der Waals surface area contributed by atoms with E-state index >= 15 is 0 Å². The third-order valence-electron chi connectivity index (χ3n) is 3.82. The lowest BCUT2D eigenvalue weighted by molar-refractivity contribution is 0.101. The minimum absolute atomic E-state index is 0.0507. The fourth-order valence-electron chi connectivity index (χ4n) is 2.40. The zero-order valence-electron chi connectivity index (χ0n) is 12.9. The first-order valence-electron chi connectivity index (χ1n) is 7.15. The minimum Gasteiger partial charge on any atom is -0.381 e. The predicted octanol–water partition coefficient (Wildman–Crippen LogP) is 2.71. The van der Waals surface area contributed by atoms with Crippen molar-refractivity contribution in [2.75, 3.05) is 20.3 Å². The van der Waals surface area contributed by atoms with Gasteiger partial charge in [-0.25, -0.2) is 0 Å². The van der Waals surface area contributed by atoms with Gasteiger partial charge in [0.25, 0.3) is 0 Å². The van der Waals surface area contributed by atoms with Crippen LogP contribution in [-0.2, 0) is 4.74 Å². The summed E-state index contributed by atoms with van der Waals surface area (Å²) >= 11 is 0. The number of Topliss-reactive ketones (excluding diaryl/α,β-unsaturated/α-hetero) is 1. The van der Waals surface area contributed by atoms with Gasteiger partial charge in [0.1, 0.15) is 5.84 Å². The Hall–Kier alpha value is -1.94. The van der Waals surface area contributed by atoms with Crippen LogP contribution in [0.3, 0.4) is 0 Å². The van der Waals surface area contributed by atoms with E-state index in [0.717, 1.165) is 35.7 Å². The Bertz CT molecular complexity index is 584. The molecular formula is C17H22N2O2. The van der Waals surface area contributed by atoms with Crippen LogP contribution < -0.4 is 5.32 Å². The highest BCUT2D eigenvalue weighted by Crippen LogP contribution is 2.19. The fraction of sp³-hybridized carbons (Fsp3) is 0.412. The van der Waals surface area contributed by atoms with Gasteiger partial charge in [-0.2, -0.15) is 0 Å². The number of amidine groups is 1. The minimum atomic E-state index is 0.0507. The number of ether oxygens (including phenoxy) is 1. The van der Waals surface area contributed by atoms with Gasteiger partial charge in [-0.15, -0.1) is 0 Å². The molecule has 21 heavy (non-hydrogen) atoms. The molecule has 0 aliphatic carbocycles. The molecule has 1 aliphatic rings. The molecule has 1 fully saturated rings. The molecule has 0 saturated carbocycles. The molecule has 0 bridgehead atoms. The fourth-order valence-corrected chi connectivity index (χ4v) is 2.40. The van der Waals surface area contributed by atoms with E-state index < -0.39 is 0 Å². The van der Waals surface area contributed by atoms with Gasteiger partial charge in [-0.3, -0.25) is 9.79 Å². The molecular weight excluding hydrogens is 264 g/mol. The molecule has 1 atom stereocenters. The van der Waals surface area contributed by atoms with Crippen LogP contribution in [0.25, 0.3) is 0 Å². The van der Waals surface area contributed by atoms with Gasteiger partial charge in [0.05, 0.1) is 6.61 Å². The van der Waals surface area contributed by atoms with E-state index in [1.165, 1.54) is 0 Å². The number of nitrogens with zero attached hydrogens (tertiary/aromatic N) is 1. The Balaban J connectivity index is 2.23. The first-order valence-corrected chi connectivity index (χ1v) is 7.15. The predicted molar refractivity (Wildman–Crippen MR) is 84.8 cm³/mol. The molecule has 4 nitrogen and oxygen atoms in total. The van der Waals surface area contributed by atoms with Crippen molar-refractivity contribution in [2.24, 2.45) is 10.9 Å². The van der Waals surface area contributed by atoms with Crippen molar-refractivity contribution >= 4 is 11.6 Å². The van der Waals surface area contributed by atoms with Crippen LogP contribution in [-0.4, -0.2) is 31.9 Å². The number of aryl methyl sites for hydroxylation is 1. The summed E-state index contributed by atoms with van der Waals surface area (Å²) in [5.74, 6) is 1.11. The second-order valence-corrected chi connectivity index (χ2v) is 5.37. The van der Waals surface area contributed by atoms with Gasteiger partial charge >= 0.3 is 0 Å². The van der Waals surface area contributed by atoms with E-state index in [1.807, 2.05) is 25.1 Å². The number of ketones is 1. The quantitative estimate of drug-likeness (QED) is 0.526. The van der Waals surface area contributed by atoms with E-state index in [-0.39, 0.29) is 5.78 Å². The van der Waals surface area contributed by atoms with Crippen LogP contribution >= 0.6 is 0 Å². The molecule has 1 aromatic carbocycles. The number of carbonyl (C=O) groups excluding carboxylic acids is 1. The first kappa shape index (κ1) is 15.4. The van der Waals surface area contributed by atoms with E-state index in [0.29, 0.717) is 18.1 Å². The van der Waals surface area contributed by atoms with Crippen molar-refractivity contribution in [3.8, 4) is 0 Å². The van der Waals surface area contributed by atoms with Crippen LogP contribution in [0, 0.1) is 12.8 Å². The summed E-state index contributed by atoms with van der Waals surface area (Å²) in [4.78, 5) is 15.9. The molecule has 2 rings (SSSR count). The number of benzene rings is 1. The maximum absolute atomic E-state index is 11.6. The topological polar surface area (TPSA) is 50.7 Å². The van der Waals surface area contributed by atoms with E-state index in [9.17, 15) is 4.79 Å². The largest absolute Gasteiger partial charge is 0.381 e. The number of rotatable bonds is 4. The van der Waals surface area contributed by atoms with Crippen LogP contribution in [0.4, 0.5) is 0 Å². The maximum atomic E-state index is 11.6. The van der Waals surface area contributed by atoms with E-state index in [2.05, 4.69) is 16.9 Å². The van der Waals surface area contributed by atoms with Crippen LogP contribution in [0.15, 0.2) is 35.5 Å². The summed E-state index contributed by atoms with van der Waals surface area (Å²) in [6.07, 6.45) is 0.981. The lowest BCUT2D eigenvalue weighted by Crippen LogP contribution is -2.28. The van der Waals surface area contributed by atoms with Gasteiger partial charge in [0, 0.05) is 36.4 Å². The van der Waals surface area contributed by atoms with Crippen molar-refractivity contribution in [3.63, 3.8) is 0 Å². The van der Waals surface area contributed by atoms with Gasteiger partial charge in [-0.1, -0.05) is 18.7 Å². The Kier molecular flexibility index (Phi) is 4.91. The van der Waals surface area contributed by atoms with Crippen LogP contribution in [0.5, 0.6) is 0 Å². The third kappa shape index (κ3) is 3.58. The zero-order valence-corrected chi connectivity index (χ0v) is 12.9. The normalized spacial score (nSPS) is 18.6. The molecule has 0 amide bonds. The number of hydrogen-bond donors (Lipinski definition) is 1. The highest BCUT2D eigenvalue weighted by Gasteiger charge is 2.20. The smallest absolute Gasteiger partial charge is 0.159 e. The lowest BCUT2D eigenvalue weighted by atomic mass is 10.0. The SMILES string of the molecule is C=C(N/C(=N\C)c1cc(C(C)=O)ccc1C)C1CCOC1. The van der Waals surface area contributed by atoms with Crippen LogP contribution in [0.1, 0.15) is 34.8 Å². The summed E-state index contributed by atoms with van der Waals surface area (Å²) < 4.78 is 5.39. The molecule has 1 aliphatic heterocycles. The van der Waals surface area contributed by atoms with Crippen molar-refractivity contribution in [2.45, 2.75) is 20.3 Å². The Morgan fingerprint density at radius 2 is 2.24 bits per heavy atom. The summed E-state index contributed by atoms with van der Waals surface area (Å²) in [5, 5.41) is 3.30. The maximum Gasteiger partial charge on any atom is 0.159 e. The Labute approximate surface area is 125 Å². The Morgan fingerprint density at radius 1 is 1.48 bits per heavy atom. The molecule has 0 radical (unpaired) electrons. The molecule has 4 heteroatoms. The van der Waals surface area contributed by atoms with Crippen molar-refractivity contribution in [1.82, 2.24) is 5.32 Å².